The minimum absolute atomic E-state index is 0.609. The molecule has 1 unspecified atom stereocenters. The second kappa shape index (κ2) is 5.30. The number of nitrogens with one attached hydrogen (secondary N) is 1. The van der Waals surface area contributed by atoms with E-state index >= 15 is 0 Å². The van der Waals surface area contributed by atoms with Crippen LogP contribution in [0.15, 0.2) is 22.7 Å². The Kier molecular flexibility index (Phi) is 4.00. The zero-order valence-electron chi connectivity index (χ0n) is 9.96. The molecule has 0 saturated carbocycles. The van der Waals surface area contributed by atoms with Crippen molar-refractivity contribution in [2.75, 3.05) is 19.6 Å². The molecule has 0 radical (unpaired) electrons. The first-order valence-electron chi connectivity index (χ1n) is 5.86. The minimum Gasteiger partial charge on any atom is -0.312 e. The molecular weight excluding hydrogens is 264 g/mol. The summed E-state index contributed by atoms with van der Waals surface area (Å²) in [6.45, 7) is 8.81. The average molecular weight is 283 g/mol. The van der Waals surface area contributed by atoms with E-state index < -0.39 is 0 Å². The first kappa shape index (κ1) is 12.1. The van der Waals surface area contributed by atoms with Crippen LogP contribution in [0.1, 0.15) is 18.1 Å². The van der Waals surface area contributed by atoms with Crippen molar-refractivity contribution in [3.63, 3.8) is 0 Å². The van der Waals surface area contributed by atoms with Gasteiger partial charge in [-0.3, -0.25) is 4.90 Å². The van der Waals surface area contributed by atoms with Crippen LogP contribution in [-0.4, -0.2) is 30.6 Å². The van der Waals surface area contributed by atoms with Crippen molar-refractivity contribution < 1.29 is 0 Å². The molecule has 1 aromatic carbocycles. The third-order valence-electron chi connectivity index (χ3n) is 3.06. The summed E-state index contributed by atoms with van der Waals surface area (Å²) in [4.78, 5) is 2.51. The molecule has 1 aromatic rings. The van der Waals surface area contributed by atoms with Gasteiger partial charge in [0, 0.05) is 36.7 Å². The van der Waals surface area contributed by atoms with Gasteiger partial charge in [0.25, 0.3) is 0 Å². The molecule has 16 heavy (non-hydrogen) atoms. The summed E-state index contributed by atoms with van der Waals surface area (Å²) in [6.07, 6.45) is 0. The van der Waals surface area contributed by atoms with E-state index in [-0.39, 0.29) is 0 Å². The van der Waals surface area contributed by atoms with Crippen LogP contribution in [0, 0.1) is 6.92 Å². The largest absolute Gasteiger partial charge is 0.312 e. The van der Waals surface area contributed by atoms with Gasteiger partial charge in [0.05, 0.1) is 0 Å². The summed E-state index contributed by atoms with van der Waals surface area (Å²) in [6, 6.07) is 7.22. The standard InChI is InChI=1S/C13H19BrN2/c1-10-3-4-12(13(14)7-10)9-16-6-5-15-11(2)8-16/h3-4,7,11,15H,5-6,8-9H2,1-2H3. The molecule has 2 rings (SSSR count). The third kappa shape index (κ3) is 3.06. The lowest BCUT2D eigenvalue weighted by Gasteiger charge is -2.32. The fourth-order valence-corrected chi connectivity index (χ4v) is 2.80. The van der Waals surface area contributed by atoms with E-state index in [2.05, 4.69) is 58.2 Å². The van der Waals surface area contributed by atoms with Crippen molar-refractivity contribution in [1.82, 2.24) is 10.2 Å². The van der Waals surface area contributed by atoms with Gasteiger partial charge >= 0.3 is 0 Å². The monoisotopic (exact) mass is 282 g/mol. The van der Waals surface area contributed by atoms with Crippen molar-refractivity contribution in [2.45, 2.75) is 26.4 Å². The SMILES string of the molecule is Cc1ccc(CN2CCNC(C)C2)c(Br)c1. The number of halogens is 1. The van der Waals surface area contributed by atoms with Gasteiger partial charge in [-0.15, -0.1) is 0 Å². The molecule has 88 valence electrons. The highest BCUT2D eigenvalue weighted by molar-refractivity contribution is 9.10. The second-order valence-corrected chi connectivity index (χ2v) is 5.54. The maximum atomic E-state index is 3.65. The minimum atomic E-state index is 0.609. The quantitative estimate of drug-likeness (QED) is 0.897. The molecule has 1 atom stereocenters. The highest BCUT2D eigenvalue weighted by atomic mass is 79.9. The number of nitrogens with zero attached hydrogens (tertiary/aromatic N) is 1. The third-order valence-corrected chi connectivity index (χ3v) is 3.79. The Labute approximate surface area is 106 Å². The van der Waals surface area contributed by atoms with Gasteiger partial charge in [-0.25, -0.2) is 0 Å². The highest BCUT2D eigenvalue weighted by Gasteiger charge is 2.16. The molecule has 2 nitrogen and oxygen atoms in total. The fourth-order valence-electron chi connectivity index (χ4n) is 2.18. The number of piperazine rings is 1. The van der Waals surface area contributed by atoms with Gasteiger partial charge in [-0.05, 0) is 31.0 Å². The van der Waals surface area contributed by atoms with E-state index in [4.69, 9.17) is 0 Å². The molecule has 0 spiro atoms. The van der Waals surface area contributed by atoms with Crippen molar-refractivity contribution in [3.8, 4) is 0 Å². The maximum Gasteiger partial charge on any atom is 0.0246 e. The van der Waals surface area contributed by atoms with Crippen LogP contribution in [0.3, 0.4) is 0 Å². The van der Waals surface area contributed by atoms with E-state index in [0.717, 1.165) is 26.2 Å². The van der Waals surface area contributed by atoms with Gasteiger partial charge in [-0.1, -0.05) is 28.1 Å². The van der Waals surface area contributed by atoms with Crippen molar-refractivity contribution in [2.24, 2.45) is 0 Å². The van der Waals surface area contributed by atoms with Crippen molar-refractivity contribution >= 4 is 15.9 Å². The number of hydrogen-bond donors (Lipinski definition) is 1. The Morgan fingerprint density at radius 3 is 3.00 bits per heavy atom. The number of hydrogen-bond acceptors (Lipinski definition) is 2. The maximum absolute atomic E-state index is 3.65. The lowest BCUT2D eigenvalue weighted by Crippen LogP contribution is -2.48. The lowest BCUT2D eigenvalue weighted by atomic mass is 10.1. The average Bonchev–Trinajstić information content (AvgIpc) is 2.22. The molecule has 1 saturated heterocycles. The fraction of sp³-hybridized carbons (Fsp3) is 0.538. The summed E-state index contributed by atoms with van der Waals surface area (Å²) >= 11 is 3.65. The van der Waals surface area contributed by atoms with Gasteiger partial charge in [0.1, 0.15) is 0 Å². The molecule has 1 aliphatic heterocycles. The number of aryl methyl sites for hydroxylation is 1. The van der Waals surface area contributed by atoms with Crippen LogP contribution in [-0.2, 0) is 6.54 Å². The molecule has 1 aliphatic rings. The van der Waals surface area contributed by atoms with Gasteiger partial charge in [0.2, 0.25) is 0 Å². The molecule has 0 aromatic heterocycles. The zero-order chi connectivity index (χ0) is 11.5. The van der Waals surface area contributed by atoms with E-state index in [0.29, 0.717) is 6.04 Å². The first-order chi connectivity index (χ1) is 7.65. The lowest BCUT2D eigenvalue weighted by molar-refractivity contribution is 0.199. The van der Waals surface area contributed by atoms with Gasteiger partial charge in [0.15, 0.2) is 0 Å². The van der Waals surface area contributed by atoms with Gasteiger partial charge < -0.3 is 5.32 Å². The normalized spacial score (nSPS) is 22.3. The highest BCUT2D eigenvalue weighted by Crippen LogP contribution is 2.20. The molecule has 1 heterocycles. The Morgan fingerprint density at radius 2 is 2.31 bits per heavy atom. The molecule has 1 N–H and O–H groups in total. The molecule has 0 aliphatic carbocycles. The summed E-state index contributed by atoms with van der Waals surface area (Å²) in [5.41, 5.74) is 2.70. The molecule has 1 fully saturated rings. The molecular formula is C13H19BrN2. The van der Waals surface area contributed by atoms with E-state index in [1.54, 1.807) is 0 Å². The second-order valence-electron chi connectivity index (χ2n) is 4.69. The van der Waals surface area contributed by atoms with Crippen LogP contribution >= 0.6 is 15.9 Å². The first-order valence-corrected chi connectivity index (χ1v) is 6.65. The molecule has 0 bridgehead atoms. The van der Waals surface area contributed by atoms with Crippen LogP contribution < -0.4 is 5.32 Å². The summed E-state index contributed by atoms with van der Waals surface area (Å²) < 4.78 is 1.23. The topological polar surface area (TPSA) is 15.3 Å². The van der Waals surface area contributed by atoms with Crippen molar-refractivity contribution in [3.05, 3.63) is 33.8 Å². The van der Waals surface area contributed by atoms with E-state index in [1.165, 1.54) is 15.6 Å². The van der Waals surface area contributed by atoms with Crippen LogP contribution in [0.2, 0.25) is 0 Å². The number of benzene rings is 1. The molecule has 0 amide bonds. The Balaban J connectivity index is 2.02. The van der Waals surface area contributed by atoms with Crippen molar-refractivity contribution in [1.29, 1.82) is 0 Å². The zero-order valence-corrected chi connectivity index (χ0v) is 11.5. The molecule has 3 heteroatoms. The van der Waals surface area contributed by atoms with Gasteiger partial charge in [-0.2, -0.15) is 0 Å². The predicted molar refractivity (Wildman–Crippen MR) is 71.6 cm³/mol. The van der Waals surface area contributed by atoms with E-state index in [1.807, 2.05) is 0 Å². The smallest absolute Gasteiger partial charge is 0.0246 e. The van der Waals surface area contributed by atoms with Crippen LogP contribution in [0.4, 0.5) is 0 Å². The summed E-state index contributed by atoms with van der Waals surface area (Å²) in [5, 5.41) is 3.47. The summed E-state index contributed by atoms with van der Waals surface area (Å²) in [5.74, 6) is 0. The van der Waals surface area contributed by atoms with Crippen LogP contribution in [0.25, 0.3) is 0 Å². The predicted octanol–water partition coefficient (Wildman–Crippen LogP) is 2.55. The van der Waals surface area contributed by atoms with Crippen LogP contribution in [0.5, 0.6) is 0 Å². The Hall–Kier alpha value is -0.380. The Bertz CT molecular complexity index is 365. The van der Waals surface area contributed by atoms with E-state index in [9.17, 15) is 0 Å². The Morgan fingerprint density at radius 1 is 1.50 bits per heavy atom. The summed E-state index contributed by atoms with van der Waals surface area (Å²) in [7, 11) is 0. The number of rotatable bonds is 2.